The molecule has 1 fully saturated rings. The number of hydrogen-bond acceptors (Lipinski definition) is 7. The summed E-state index contributed by atoms with van der Waals surface area (Å²) in [7, 11) is 2.09. The Balaban J connectivity index is 1.33. The number of H-pyrrole nitrogens is 1. The number of anilines is 1. The highest BCUT2D eigenvalue weighted by Crippen LogP contribution is 2.46. The van der Waals surface area contributed by atoms with Gasteiger partial charge in [-0.15, -0.1) is 0 Å². The number of carbonyl (C=O) groups is 1. The van der Waals surface area contributed by atoms with Crippen molar-refractivity contribution in [3.05, 3.63) is 36.2 Å². The van der Waals surface area contributed by atoms with E-state index >= 15 is 0 Å². The topological polar surface area (TPSA) is 83.6 Å². The molecule has 35 heavy (non-hydrogen) atoms. The Hall–Kier alpha value is -3.07. The molecule has 0 aliphatic carbocycles. The summed E-state index contributed by atoms with van der Waals surface area (Å²) in [4.78, 5) is 22.8. The molecule has 2 aliphatic heterocycles. The quantitative estimate of drug-likeness (QED) is 0.501. The number of nitrogens with one attached hydrogen (secondary N) is 1. The molecule has 4 heterocycles. The Morgan fingerprint density at radius 1 is 1.31 bits per heavy atom. The molecule has 3 aromatic rings. The molecule has 1 saturated heterocycles. The Labute approximate surface area is 210 Å². The summed E-state index contributed by atoms with van der Waals surface area (Å²) in [6.07, 6.45) is 5.17. The van der Waals surface area contributed by atoms with Gasteiger partial charge in [-0.2, -0.15) is 10.1 Å². The zero-order valence-electron chi connectivity index (χ0n) is 21.2. The SMILES string of the molecule is CN(c1nc2c(s1)-c1ccc(-c3cn[nH]c3)cc1CO2)C1CCN(C(=O)OC(C)(C)C)C(C)(C)C1. The van der Waals surface area contributed by atoms with Gasteiger partial charge in [-0.25, -0.2) is 4.79 Å². The highest BCUT2D eigenvalue weighted by molar-refractivity contribution is 7.19. The molecule has 2 aromatic heterocycles. The maximum absolute atomic E-state index is 12.8. The zero-order chi connectivity index (χ0) is 25.0. The predicted molar refractivity (Wildman–Crippen MR) is 138 cm³/mol. The first-order valence-electron chi connectivity index (χ1n) is 12.0. The van der Waals surface area contributed by atoms with Crippen molar-refractivity contribution < 1.29 is 14.3 Å². The van der Waals surface area contributed by atoms with Crippen LogP contribution in [0.4, 0.5) is 9.93 Å². The van der Waals surface area contributed by atoms with Gasteiger partial charge in [0.25, 0.3) is 0 Å². The number of hydrogen-bond donors (Lipinski definition) is 1. The number of rotatable bonds is 3. The molecule has 9 heteroatoms. The van der Waals surface area contributed by atoms with Crippen LogP contribution in [0.2, 0.25) is 0 Å². The largest absolute Gasteiger partial charge is 0.472 e. The minimum atomic E-state index is -0.504. The van der Waals surface area contributed by atoms with E-state index in [1.807, 2.05) is 38.1 Å². The lowest BCUT2D eigenvalue weighted by atomic mass is 9.87. The number of nitrogens with zero attached hydrogens (tertiary/aromatic N) is 4. The van der Waals surface area contributed by atoms with Crippen LogP contribution in [0.3, 0.4) is 0 Å². The standard InChI is InChI=1S/C26H33N5O3S/c1-25(2,3)34-24(32)31-10-9-19(12-26(31,4)5)30(6)23-29-22-21(35-23)20-8-7-16(11-17(20)15-33-22)18-13-27-28-14-18/h7-8,11,13-14,19H,9-10,12,15H2,1-6H3,(H,27,28). The van der Waals surface area contributed by atoms with Crippen molar-refractivity contribution in [1.29, 1.82) is 0 Å². The van der Waals surface area contributed by atoms with Crippen molar-refractivity contribution >= 4 is 22.6 Å². The number of aromatic amines is 1. The molecular weight excluding hydrogens is 462 g/mol. The number of thiazole rings is 1. The number of aromatic nitrogens is 3. The third kappa shape index (κ3) is 4.61. The van der Waals surface area contributed by atoms with Gasteiger partial charge in [-0.3, -0.25) is 5.10 Å². The lowest BCUT2D eigenvalue weighted by molar-refractivity contribution is -0.00908. The lowest BCUT2D eigenvalue weighted by Crippen LogP contribution is -2.57. The van der Waals surface area contributed by atoms with Crippen molar-refractivity contribution in [2.45, 2.75) is 71.2 Å². The van der Waals surface area contributed by atoms with Gasteiger partial charge < -0.3 is 19.3 Å². The third-order valence-electron chi connectivity index (χ3n) is 6.75. The van der Waals surface area contributed by atoms with E-state index in [0.717, 1.165) is 39.5 Å². The van der Waals surface area contributed by atoms with Gasteiger partial charge in [0.15, 0.2) is 5.13 Å². The van der Waals surface area contributed by atoms with Crippen molar-refractivity contribution in [3.63, 3.8) is 0 Å². The third-order valence-corrected chi connectivity index (χ3v) is 7.91. The van der Waals surface area contributed by atoms with Crippen LogP contribution >= 0.6 is 11.3 Å². The van der Waals surface area contributed by atoms with Crippen LogP contribution < -0.4 is 9.64 Å². The molecule has 0 radical (unpaired) electrons. The first kappa shape index (κ1) is 23.7. The number of fused-ring (bicyclic) bond motifs is 3. The minimum absolute atomic E-state index is 0.242. The van der Waals surface area contributed by atoms with E-state index in [1.165, 1.54) is 5.56 Å². The Morgan fingerprint density at radius 2 is 2.11 bits per heavy atom. The fraction of sp³-hybridized carbons (Fsp3) is 0.500. The normalized spacial score (nSPS) is 18.9. The van der Waals surface area contributed by atoms with Crippen LogP contribution in [-0.4, -0.2) is 56.9 Å². The van der Waals surface area contributed by atoms with Gasteiger partial charge >= 0.3 is 6.09 Å². The molecule has 5 rings (SSSR count). The predicted octanol–water partition coefficient (Wildman–Crippen LogP) is 5.71. The van der Waals surface area contributed by atoms with Crippen LogP contribution in [-0.2, 0) is 11.3 Å². The van der Waals surface area contributed by atoms with Gasteiger partial charge in [0.2, 0.25) is 5.88 Å². The van der Waals surface area contributed by atoms with E-state index in [0.29, 0.717) is 19.0 Å². The summed E-state index contributed by atoms with van der Waals surface area (Å²) in [6, 6.07) is 6.71. The number of ether oxygens (including phenoxy) is 2. The number of piperidine rings is 1. The van der Waals surface area contributed by atoms with E-state index < -0.39 is 5.60 Å². The average molecular weight is 496 g/mol. The van der Waals surface area contributed by atoms with Crippen LogP contribution in [0.1, 0.15) is 53.0 Å². The second-order valence-electron chi connectivity index (χ2n) is 11.0. The van der Waals surface area contributed by atoms with Gasteiger partial charge in [0.05, 0.1) is 6.20 Å². The Morgan fingerprint density at radius 3 is 2.80 bits per heavy atom. The molecule has 1 N–H and O–H groups in total. The van der Waals surface area contributed by atoms with Gasteiger partial charge in [-0.1, -0.05) is 23.5 Å². The fourth-order valence-corrected chi connectivity index (χ4v) is 6.00. The summed E-state index contributed by atoms with van der Waals surface area (Å²) >= 11 is 1.66. The van der Waals surface area contributed by atoms with Crippen LogP contribution in [0.5, 0.6) is 5.88 Å². The van der Waals surface area contributed by atoms with E-state index in [4.69, 9.17) is 14.5 Å². The Kier molecular flexibility index (Phi) is 5.78. The molecule has 0 saturated carbocycles. The first-order valence-corrected chi connectivity index (χ1v) is 12.8. The summed E-state index contributed by atoms with van der Waals surface area (Å²) in [5.41, 5.74) is 3.69. The zero-order valence-corrected chi connectivity index (χ0v) is 22.0. The van der Waals surface area contributed by atoms with Crippen molar-refractivity contribution in [2.24, 2.45) is 0 Å². The highest BCUT2D eigenvalue weighted by atomic mass is 32.1. The molecule has 8 nitrogen and oxygen atoms in total. The number of carbonyl (C=O) groups excluding carboxylic acids is 1. The first-order chi connectivity index (χ1) is 16.5. The molecule has 1 unspecified atom stereocenters. The summed E-state index contributed by atoms with van der Waals surface area (Å²) in [6.45, 7) is 11.1. The summed E-state index contributed by atoms with van der Waals surface area (Å²) < 4.78 is 11.7. The lowest BCUT2D eigenvalue weighted by Gasteiger charge is -2.47. The van der Waals surface area contributed by atoms with Crippen LogP contribution in [0.15, 0.2) is 30.6 Å². The number of benzene rings is 1. The van der Waals surface area contributed by atoms with Gasteiger partial charge in [-0.05, 0) is 64.7 Å². The Bertz CT molecular complexity index is 1230. The van der Waals surface area contributed by atoms with Crippen LogP contribution in [0, 0.1) is 0 Å². The van der Waals surface area contributed by atoms with Crippen LogP contribution in [0.25, 0.3) is 21.6 Å². The average Bonchev–Trinajstić information content (AvgIpc) is 3.46. The molecular formula is C26H33N5O3S. The monoisotopic (exact) mass is 495 g/mol. The van der Waals surface area contributed by atoms with E-state index in [2.05, 4.69) is 54.2 Å². The summed E-state index contributed by atoms with van der Waals surface area (Å²) in [5, 5.41) is 7.87. The van der Waals surface area contributed by atoms with Gasteiger partial charge in [0.1, 0.15) is 17.1 Å². The molecule has 186 valence electrons. The van der Waals surface area contributed by atoms with Crippen molar-refractivity contribution in [3.8, 4) is 27.4 Å². The van der Waals surface area contributed by atoms with E-state index in [-0.39, 0.29) is 17.7 Å². The smallest absolute Gasteiger partial charge is 0.410 e. The van der Waals surface area contributed by atoms with E-state index in [9.17, 15) is 4.79 Å². The second kappa shape index (κ2) is 8.55. The summed E-state index contributed by atoms with van der Waals surface area (Å²) in [5.74, 6) is 0.700. The highest BCUT2D eigenvalue weighted by Gasteiger charge is 2.41. The molecule has 2 aliphatic rings. The molecule has 0 bridgehead atoms. The molecule has 1 aromatic carbocycles. The molecule has 0 spiro atoms. The minimum Gasteiger partial charge on any atom is -0.472 e. The maximum atomic E-state index is 12.8. The molecule has 1 amide bonds. The second-order valence-corrected chi connectivity index (χ2v) is 12.0. The van der Waals surface area contributed by atoms with Gasteiger partial charge in [0, 0.05) is 42.5 Å². The number of likely N-dealkylation sites (tertiary alicyclic amines) is 1. The molecule has 1 atom stereocenters. The van der Waals surface area contributed by atoms with E-state index in [1.54, 1.807) is 11.3 Å². The van der Waals surface area contributed by atoms with Crippen molar-refractivity contribution in [1.82, 2.24) is 20.1 Å². The number of amides is 1. The maximum Gasteiger partial charge on any atom is 0.410 e. The fourth-order valence-electron chi connectivity index (χ4n) is 4.90. The van der Waals surface area contributed by atoms with Crippen molar-refractivity contribution in [2.75, 3.05) is 18.5 Å².